The highest BCUT2D eigenvalue weighted by Gasteiger charge is 2.25. The lowest BCUT2D eigenvalue weighted by Gasteiger charge is -2.34. The molecule has 2 aliphatic rings. The fourth-order valence-electron chi connectivity index (χ4n) is 3.98. The molecule has 0 aromatic heterocycles. The Bertz CT molecular complexity index is 703. The molecule has 1 aliphatic heterocycles. The van der Waals surface area contributed by atoms with Gasteiger partial charge in [-0.2, -0.15) is 0 Å². The minimum Gasteiger partial charge on any atom is -0.350 e. The lowest BCUT2D eigenvalue weighted by atomic mass is 9.95. The van der Waals surface area contributed by atoms with Gasteiger partial charge in [0.1, 0.15) is 5.82 Å². The maximum absolute atomic E-state index is 13.0. The Hall–Kier alpha value is -2.37. The number of carbonyl (C=O) groups excluding carboxylic acids is 2. The summed E-state index contributed by atoms with van der Waals surface area (Å²) in [6.07, 6.45) is 8.90. The molecule has 2 fully saturated rings. The third kappa shape index (κ3) is 5.81. The van der Waals surface area contributed by atoms with Gasteiger partial charge in [0.05, 0.1) is 0 Å². The molecule has 1 saturated carbocycles. The van der Waals surface area contributed by atoms with E-state index in [4.69, 9.17) is 0 Å². The molecule has 6 heteroatoms. The molecule has 1 heterocycles. The van der Waals surface area contributed by atoms with Crippen LogP contribution in [0.1, 0.15) is 57.4 Å². The Morgan fingerprint density at radius 1 is 0.964 bits per heavy atom. The Morgan fingerprint density at radius 3 is 2.21 bits per heavy atom. The number of carbonyl (C=O) groups is 2. The van der Waals surface area contributed by atoms with Crippen molar-refractivity contribution in [2.45, 2.75) is 64.0 Å². The molecule has 0 spiro atoms. The van der Waals surface area contributed by atoms with Crippen molar-refractivity contribution in [3.8, 4) is 0 Å². The number of hydrogen-bond acceptors (Lipinski definition) is 2. The number of likely N-dealkylation sites (tertiary alicyclic amines) is 1. The monoisotopic (exact) mass is 387 g/mol. The number of halogens is 1. The molecule has 3 amide bonds. The standard InChI is InChI=1S/C22H30FN3O2/c1-16(17-7-9-18(23)10-8-17)15-21(27)24-20-11-13-26(14-12-20)22(28)25-19-5-3-2-4-6-19/h7-10,15,19-20H,2-6,11-14H2,1H3,(H,24,27)(H,25,28)/b16-15-. The molecule has 0 radical (unpaired) electrons. The number of urea groups is 1. The SMILES string of the molecule is C/C(=C/C(=O)NC1CCN(C(=O)NC2CCCCC2)CC1)c1ccc(F)cc1. The van der Waals surface area contributed by atoms with E-state index in [1.165, 1.54) is 31.4 Å². The summed E-state index contributed by atoms with van der Waals surface area (Å²) in [5.74, 6) is -0.438. The van der Waals surface area contributed by atoms with Gasteiger partial charge in [0.2, 0.25) is 5.91 Å². The average molecular weight is 387 g/mol. The van der Waals surface area contributed by atoms with Crippen molar-refractivity contribution in [2.75, 3.05) is 13.1 Å². The van der Waals surface area contributed by atoms with E-state index in [1.54, 1.807) is 18.2 Å². The zero-order chi connectivity index (χ0) is 19.9. The van der Waals surface area contributed by atoms with Crippen LogP contribution in [0.4, 0.5) is 9.18 Å². The molecule has 0 bridgehead atoms. The fraction of sp³-hybridized carbons (Fsp3) is 0.545. The maximum atomic E-state index is 13.0. The van der Waals surface area contributed by atoms with Crippen molar-refractivity contribution in [2.24, 2.45) is 0 Å². The van der Waals surface area contributed by atoms with Gasteiger partial charge in [0, 0.05) is 31.2 Å². The number of piperidine rings is 1. The van der Waals surface area contributed by atoms with E-state index >= 15 is 0 Å². The zero-order valence-corrected chi connectivity index (χ0v) is 16.5. The lowest BCUT2D eigenvalue weighted by Crippen LogP contribution is -2.51. The lowest BCUT2D eigenvalue weighted by molar-refractivity contribution is -0.117. The molecule has 1 saturated heterocycles. The van der Waals surface area contributed by atoms with Crippen LogP contribution in [0.2, 0.25) is 0 Å². The Kier molecular flexibility index (Phi) is 7.06. The Morgan fingerprint density at radius 2 is 1.57 bits per heavy atom. The van der Waals surface area contributed by atoms with Gasteiger partial charge in [0.15, 0.2) is 0 Å². The van der Waals surface area contributed by atoms with Crippen LogP contribution in [0.3, 0.4) is 0 Å². The van der Waals surface area contributed by atoms with Crippen molar-refractivity contribution in [1.82, 2.24) is 15.5 Å². The number of amides is 3. The van der Waals surface area contributed by atoms with Gasteiger partial charge in [-0.25, -0.2) is 9.18 Å². The normalized spacial score (nSPS) is 19.4. The molecule has 152 valence electrons. The van der Waals surface area contributed by atoms with Crippen LogP contribution in [0.25, 0.3) is 5.57 Å². The molecule has 1 aromatic rings. The van der Waals surface area contributed by atoms with E-state index in [0.29, 0.717) is 19.1 Å². The van der Waals surface area contributed by atoms with Crippen LogP contribution < -0.4 is 10.6 Å². The first kappa shape index (κ1) is 20.4. The molecule has 1 aromatic carbocycles. The fourth-order valence-corrected chi connectivity index (χ4v) is 3.98. The van der Waals surface area contributed by atoms with Crippen molar-refractivity contribution >= 4 is 17.5 Å². The number of nitrogens with zero attached hydrogens (tertiary/aromatic N) is 1. The summed E-state index contributed by atoms with van der Waals surface area (Å²) in [4.78, 5) is 26.6. The van der Waals surface area contributed by atoms with Crippen LogP contribution in [-0.4, -0.2) is 42.0 Å². The van der Waals surface area contributed by atoms with Gasteiger partial charge in [-0.1, -0.05) is 31.4 Å². The third-order valence-corrected chi connectivity index (χ3v) is 5.71. The number of nitrogens with one attached hydrogen (secondary N) is 2. The summed E-state index contributed by atoms with van der Waals surface area (Å²) in [5.41, 5.74) is 1.62. The predicted octanol–water partition coefficient (Wildman–Crippen LogP) is 3.85. The van der Waals surface area contributed by atoms with Crippen LogP contribution in [-0.2, 0) is 4.79 Å². The number of hydrogen-bond donors (Lipinski definition) is 2. The first-order chi connectivity index (χ1) is 13.5. The Balaban J connectivity index is 1.43. The number of allylic oxidation sites excluding steroid dienone is 1. The maximum Gasteiger partial charge on any atom is 0.317 e. The van der Waals surface area contributed by atoms with Crippen molar-refractivity contribution in [3.05, 3.63) is 41.7 Å². The van der Waals surface area contributed by atoms with E-state index in [-0.39, 0.29) is 23.8 Å². The predicted molar refractivity (Wildman–Crippen MR) is 108 cm³/mol. The van der Waals surface area contributed by atoms with E-state index < -0.39 is 0 Å². The summed E-state index contributed by atoms with van der Waals surface area (Å²) in [6.45, 7) is 3.15. The van der Waals surface area contributed by atoms with Gasteiger partial charge in [0.25, 0.3) is 0 Å². The first-order valence-corrected chi connectivity index (χ1v) is 10.3. The highest BCUT2D eigenvalue weighted by molar-refractivity contribution is 5.95. The smallest absolute Gasteiger partial charge is 0.317 e. The second-order valence-electron chi connectivity index (χ2n) is 7.89. The second kappa shape index (κ2) is 9.71. The van der Waals surface area contributed by atoms with Crippen molar-refractivity contribution in [1.29, 1.82) is 0 Å². The van der Waals surface area contributed by atoms with Crippen molar-refractivity contribution < 1.29 is 14.0 Å². The second-order valence-corrected chi connectivity index (χ2v) is 7.89. The minimum absolute atomic E-state index is 0.0312. The van der Waals surface area contributed by atoms with Gasteiger partial charge in [-0.15, -0.1) is 0 Å². The van der Waals surface area contributed by atoms with E-state index in [1.807, 2.05) is 11.8 Å². The minimum atomic E-state index is -0.291. The van der Waals surface area contributed by atoms with Gasteiger partial charge in [-0.05, 0) is 55.9 Å². The largest absolute Gasteiger partial charge is 0.350 e. The number of rotatable bonds is 4. The summed E-state index contributed by atoms with van der Waals surface area (Å²) in [6, 6.07) is 6.53. The summed E-state index contributed by atoms with van der Waals surface area (Å²) < 4.78 is 13.0. The summed E-state index contributed by atoms with van der Waals surface area (Å²) >= 11 is 0. The van der Waals surface area contributed by atoms with Gasteiger partial charge >= 0.3 is 6.03 Å². The molecule has 0 unspecified atom stereocenters. The summed E-state index contributed by atoms with van der Waals surface area (Å²) in [7, 11) is 0. The zero-order valence-electron chi connectivity index (χ0n) is 16.5. The molecular weight excluding hydrogens is 357 g/mol. The molecule has 5 nitrogen and oxygen atoms in total. The molecule has 3 rings (SSSR count). The molecule has 28 heavy (non-hydrogen) atoms. The quantitative estimate of drug-likeness (QED) is 0.771. The highest BCUT2D eigenvalue weighted by Crippen LogP contribution is 2.19. The topological polar surface area (TPSA) is 61.4 Å². The van der Waals surface area contributed by atoms with Crippen LogP contribution in [0, 0.1) is 5.82 Å². The number of benzene rings is 1. The van der Waals surface area contributed by atoms with Crippen LogP contribution in [0.5, 0.6) is 0 Å². The molecular formula is C22H30FN3O2. The average Bonchev–Trinajstić information content (AvgIpc) is 2.69. The molecule has 0 atom stereocenters. The molecule has 2 N–H and O–H groups in total. The Labute approximate surface area is 166 Å². The van der Waals surface area contributed by atoms with E-state index in [9.17, 15) is 14.0 Å². The summed E-state index contributed by atoms with van der Waals surface area (Å²) in [5, 5.41) is 6.18. The van der Waals surface area contributed by atoms with E-state index in [2.05, 4.69) is 10.6 Å². The van der Waals surface area contributed by atoms with E-state index in [0.717, 1.165) is 36.8 Å². The van der Waals surface area contributed by atoms with Gasteiger partial charge in [-0.3, -0.25) is 4.79 Å². The molecule has 1 aliphatic carbocycles. The van der Waals surface area contributed by atoms with Crippen molar-refractivity contribution in [3.63, 3.8) is 0 Å². The first-order valence-electron chi connectivity index (χ1n) is 10.3. The van der Waals surface area contributed by atoms with Gasteiger partial charge < -0.3 is 15.5 Å². The highest BCUT2D eigenvalue weighted by atomic mass is 19.1. The third-order valence-electron chi connectivity index (χ3n) is 5.71. The van der Waals surface area contributed by atoms with Crippen LogP contribution in [0.15, 0.2) is 30.3 Å². The van der Waals surface area contributed by atoms with Crippen LogP contribution >= 0.6 is 0 Å².